The standard InChI is InChI=1S/C69H33F24N5/c1-31-11-32(2)96-61(95-31)50-29-60(98-57-9-5-35(39-16-46(66(82,83)84)27-47(17-39)67(85,86)87)22-53(57)54-23-36(6-10-58(54)98)40-18-48(68(88,89)90)28-49(19-40)69(91,92)93)59(24-41(50)30-94)97-55-7-3-33(37-12-42(62(70,71)72)25-43(13-37)63(73,74)75)20-51(55)52-21-34(4-8-56(52)97)38-14-44(64(76,77)78)26-45(15-38)65(79,80)81/h3-29H,1-2H3. The van der Waals surface area contributed by atoms with Gasteiger partial charge in [0, 0.05) is 38.5 Å². The van der Waals surface area contributed by atoms with Crippen LogP contribution in [0.3, 0.4) is 0 Å². The lowest BCUT2D eigenvalue weighted by Gasteiger charge is -2.20. The molecule has 0 amide bonds. The molecule has 0 fully saturated rings. The molecule has 3 heterocycles. The van der Waals surface area contributed by atoms with Crippen LogP contribution in [-0.2, 0) is 49.4 Å². The molecular formula is C69H33F24N5. The van der Waals surface area contributed by atoms with Crippen molar-refractivity contribution >= 4 is 43.6 Å². The number of halogens is 24. The van der Waals surface area contributed by atoms with Gasteiger partial charge in [0.1, 0.15) is 0 Å². The molecule has 98 heavy (non-hydrogen) atoms. The van der Waals surface area contributed by atoms with Gasteiger partial charge in [0.25, 0.3) is 0 Å². The van der Waals surface area contributed by atoms with Gasteiger partial charge in [-0.15, -0.1) is 0 Å². The Morgan fingerprint density at radius 2 is 0.500 bits per heavy atom. The predicted molar refractivity (Wildman–Crippen MR) is 312 cm³/mol. The summed E-state index contributed by atoms with van der Waals surface area (Å²) in [4.78, 5) is 9.04. The molecule has 0 bridgehead atoms. The molecule has 3 aromatic heterocycles. The van der Waals surface area contributed by atoms with Gasteiger partial charge in [0.15, 0.2) is 5.82 Å². The summed E-state index contributed by atoms with van der Waals surface area (Å²) in [6, 6.07) is 21.5. The Hall–Kier alpha value is -10.5. The number of aryl methyl sites for hydroxylation is 2. The van der Waals surface area contributed by atoms with Crippen molar-refractivity contribution in [3.05, 3.63) is 225 Å². The van der Waals surface area contributed by atoms with Crippen molar-refractivity contribution < 1.29 is 105 Å². The van der Waals surface area contributed by atoms with Crippen LogP contribution >= 0.6 is 0 Å². The van der Waals surface area contributed by atoms with E-state index in [4.69, 9.17) is 0 Å². The molecule has 12 aromatic rings. The van der Waals surface area contributed by atoms with Gasteiger partial charge in [-0.05, 0) is 198 Å². The topological polar surface area (TPSA) is 59.4 Å². The highest BCUT2D eigenvalue weighted by molar-refractivity contribution is 6.14. The van der Waals surface area contributed by atoms with Crippen LogP contribution in [-0.4, -0.2) is 19.1 Å². The number of alkyl halides is 24. The Bertz CT molecular complexity index is 4900. The number of benzene rings is 9. The van der Waals surface area contributed by atoms with E-state index in [1.54, 1.807) is 13.8 Å². The van der Waals surface area contributed by atoms with E-state index in [2.05, 4.69) is 9.97 Å². The maximum absolute atomic E-state index is 14.4. The average Bonchev–Trinajstić information content (AvgIpc) is 1.56. The second-order valence-electron chi connectivity index (χ2n) is 22.7. The van der Waals surface area contributed by atoms with E-state index in [1.165, 1.54) is 27.3 Å². The summed E-state index contributed by atoms with van der Waals surface area (Å²) in [5.41, 5.74) is -19.3. The van der Waals surface area contributed by atoms with Gasteiger partial charge in [-0.25, -0.2) is 9.97 Å². The summed E-state index contributed by atoms with van der Waals surface area (Å²) >= 11 is 0. The molecule has 0 spiro atoms. The monoisotopic (exact) mass is 1390 g/mol. The SMILES string of the molecule is Cc1cc(C)nc(-c2cc(-n3c4ccc(-c5cc(C(F)(F)F)cc(C(F)(F)F)c5)cc4c4cc(-c5cc(C(F)(F)F)cc(C(F)(F)F)c5)ccc43)c(-n3c4ccc(-c5cc(C(F)(F)F)cc(C(F)(F)F)c5)cc4c4cc(-c5cc(C(F)(F)F)cc(C(F)(F)F)c5)ccc43)cc2C#N)n1. The van der Waals surface area contributed by atoms with Gasteiger partial charge in [0.05, 0.1) is 89.6 Å². The zero-order valence-corrected chi connectivity index (χ0v) is 48.9. The van der Waals surface area contributed by atoms with Gasteiger partial charge >= 0.3 is 49.4 Å². The van der Waals surface area contributed by atoms with Crippen LogP contribution in [0.2, 0.25) is 0 Å². The molecule has 0 unspecified atom stereocenters. The normalized spacial score (nSPS) is 13.2. The molecular weight excluding hydrogens is 1350 g/mol. The molecule has 0 saturated heterocycles. The largest absolute Gasteiger partial charge is 0.416 e. The molecule has 0 radical (unpaired) electrons. The first kappa shape index (κ1) is 67.5. The van der Waals surface area contributed by atoms with Crippen LogP contribution < -0.4 is 0 Å². The van der Waals surface area contributed by atoms with E-state index in [1.807, 2.05) is 6.07 Å². The second kappa shape index (κ2) is 22.8. The van der Waals surface area contributed by atoms with Gasteiger partial charge in [-0.1, -0.05) is 24.3 Å². The summed E-state index contributed by atoms with van der Waals surface area (Å²) in [7, 11) is 0. The fourth-order valence-electron chi connectivity index (χ4n) is 11.8. The van der Waals surface area contributed by atoms with Crippen molar-refractivity contribution in [2.45, 2.75) is 63.3 Å². The Labute approximate surface area is 533 Å². The number of fused-ring (bicyclic) bond motifs is 6. The van der Waals surface area contributed by atoms with E-state index in [-0.39, 0.29) is 107 Å². The van der Waals surface area contributed by atoms with Gasteiger partial charge in [0.2, 0.25) is 0 Å². The maximum atomic E-state index is 14.4. The molecule has 0 N–H and O–H groups in total. The number of rotatable bonds is 7. The number of hydrogen-bond donors (Lipinski definition) is 0. The van der Waals surface area contributed by atoms with E-state index >= 15 is 0 Å². The highest BCUT2D eigenvalue weighted by atomic mass is 19.4. The van der Waals surface area contributed by atoms with Crippen LogP contribution in [0.25, 0.3) is 111 Å². The Kier molecular flexibility index (Phi) is 15.7. The number of aromatic nitrogens is 4. The van der Waals surface area contributed by atoms with Crippen molar-refractivity contribution in [1.29, 1.82) is 5.26 Å². The first-order chi connectivity index (χ1) is 45.3. The van der Waals surface area contributed by atoms with E-state index in [0.717, 1.165) is 72.8 Å². The quantitative estimate of drug-likeness (QED) is 0.149. The van der Waals surface area contributed by atoms with E-state index in [0.29, 0.717) is 59.9 Å². The van der Waals surface area contributed by atoms with Crippen LogP contribution in [0.5, 0.6) is 0 Å². The fourth-order valence-corrected chi connectivity index (χ4v) is 11.8. The lowest BCUT2D eigenvalue weighted by molar-refractivity contribution is -0.144. The third kappa shape index (κ3) is 12.7. The van der Waals surface area contributed by atoms with Crippen molar-refractivity contribution in [3.8, 4) is 73.3 Å². The molecule has 0 aliphatic rings. The third-order valence-corrected chi connectivity index (χ3v) is 16.2. The molecule has 0 aliphatic carbocycles. The lowest BCUT2D eigenvalue weighted by Crippen LogP contribution is -2.11. The minimum atomic E-state index is -5.39. The summed E-state index contributed by atoms with van der Waals surface area (Å²) < 4.78 is 349. The molecule has 502 valence electrons. The third-order valence-electron chi connectivity index (χ3n) is 16.2. The van der Waals surface area contributed by atoms with E-state index < -0.39 is 127 Å². The smallest absolute Gasteiger partial charge is 0.307 e. The van der Waals surface area contributed by atoms with Gasteiger partial charge in [-0.3, -0.25) is 0 Å². The molecule has 29 heteroatoms. The number of hydrogen-bond acceptors (Lipinski definition) is 3. The Morgan fingerprint density at radius 3 is 0.714 bits per heavy atom. The Morgan fingerprint density at radius 1 is 0.276 bits per heavy atom. The zero-order chi connectivity index (χ0) is 71.3. The molecule has 0 atom stereocenters. The van der Waals surface area contributed by atoms with E-state index in [9.17, 15) is 111 Å². The zero-order valence-electron chi connectivity index (χ0n) is 48.9. The molecule has 9 aromatic carbocycles. The van der Waals surface area contributed by atoms with Crippen molar-refractivity contribution in [2.75, 3.05) is 0 Å². The molecule has 0 saturated carbocycles. The molecule has 5 nitrogen and oxygen atoms in total. The maximum Gasteiger partial charge on any atom is 0.416 e. The fraction of sp³-hybridized carbons (Fsp3) is 0.145. The van der Waals surface area contributed by atoms with Crippen molar-refractivity contribution in [3.63, 3.8) is 0 Å². The predicted octanol–water partition coefficient (Wildman–Crippen LogP) is 23.6. The summed E-state index contributed by atoms with van der Waals surface area (Å²) in [6.45, 7) is 3.08. The average molecular weight is 1390 g/mol. The van der Waals surface area contributed by atoms with Crippen molar-refractivity contribution in [2.24, 2.45) is 0 Å². The first-order valence-corrected chi connectivity index (χ1v) is 28.1. The second-order valence-corrected chi connectivity index (χ2v) is 22.7. The lowest BCUT2D eigenvalue weighted by atomic mass is 9.96. The Balaban J connectivity index is 1.23. The summed E-state index contributed by atoms with van der Waals surface area (Å²) in [6.07, 6.45) is -43.2. The summed E-state index contributed by atoms with van der Waals surface area (Å²) in [5, 5.41) is 10.3. The summed E-state index contributed by atoms with van der Waals surface area (Å²) in [5.74, 6) is -0.164. The van der Waals surface area contributed by atoms with Crippen molar-refractivity contribution in [1.82, 2.24) is 19.1 Å². The van der Waals surface area contributed by atoms with Crippen LogP contribution in [0.1, 0.15) is 61.5 Å². The van der Waals surface area contributed by atoms with Crippen LogP contribution in [0.15, 0.2) is 164 Å². The minimum absolute atomic E-state index is 0.117. The molecule has 0 aliphatic heterocycles. The number of nitrogens with zero attached hydrogens (tertiary/aromatic N) is 5. The van der Waals surface area contributed by atoms with Crippen LogP contribution in [0.4, 0.5) is 105 Å². The van der Waals surface area contributed by atoms with Gasteiger partial charge in [-0.2, -0.15) is 111 Å². The molecule has 12 rings (SSSR count). The van der Waals surface area contributed by atoms with Crippen LogP contribution in [0, 0.1) is 25.2 Å². The highest BCUT2D eigenvalue weighted by Gasteiger charge is 2.42. The first-order valence-electron chi connectivity index (χ1n) is 28.1. The number of nitriles is 1. The highest BCUT2D eigenvalue weighted by Crippen LogP contribution is 2.49. The minimum Gasteiger partial charge on any atom is -0.307 e. The van der Waals surface area contributed by atoms with Gasteiger partial charge < -0.3 is 9.13 Å².